The highest BCUT2D eigenvalue weighted by Gasteiger charge is 2.14. The summed E-state index contributed by atoms with van der Waals surface area (Å²) in [7, 11) is 3.07. The van der Waals surface area contributed by atoms with Crippen LogP contribution in [0.2, 0.25) is 0 Å². The van der Waals surface area contributed by atoms with Crippen LogP contribution in [0.3, 0.4) is 0 Å². The first-order valence-electron chi connectivity index (χ1n) is 4.80. The van der Waals surface area contributed by atoms with E-state index in [2.05, 4.69) is 8.75 Å². The monoisotopic (exact) mass is 250 g/mol. The number of carbonyl (C=O) groups is 1. The Morgan fingerprint density at radius 2 is 1.82 bits per heavy atom. The molecule has 1 aromatic heterocycles. The molecule has 0 aliphatic heterocycles. The van der Waals surface area contributed by atoms with Crippen molar-refractivity contribution < 1.29 is 14.3 Å². The van der Waals surface area contributed by atoms with Gasteiger partial charge in [0.05, 0.1) is 32.1 Å². The lowest BCUT2D eigenvalue weighted by Gasteiger charge is -2.06. The summed E-state index contributed by atoms with van der Waals surface area (Å²) in [6.45, 7) is 0. The highest BCUT2D eigenvalue weighted by molar-refractivity contribution is 6.99. The molecule has 1 aromatic carbocycles. The number of methoxy groups -OCH3 is 2. The Labute approximate surface area is 102 Å². The van der Waals surface area contributed by atoms with E-state index in [0.29, 0.717) is 22.8 Å². The van der Waals surface area contributed by atoms with Gasteiger partial charge in [-0.2, -0.15) is 8.75 Å². The molecule has 1 heterocycles. The van der Waals surface area contributed by atoms with E-state index in [4.69, 9.17) is 9.47 Å². The van der Waals surface area contributed by atoms with Gasteiger partial charge in [0, 0.05) is 11.6 Å². The normalized spacial score (nSPS) is 10.0. The summed E-state index contributed by atoms with van der Waals surface area (Å²) in [5, 5.41) is 0. The Balaban J connectivity index is 2.41. The Morgan fingerprint density at radius 3 is 2.29 bits per heavy atom. The summed E-state index contributed by atoms with van der Waals surface area (Å²) in [4.78, 5) is 12.0. The van der Waals surface area contributed by atoms with Crippen molar-refractivity contribution >= 4 is 17.5 Å². The largest absolute Gasteiger partial charge is 0.497 e. The fourth-order valence-electron chi connectivity index (χ4n) is 1.35. The molecule has 0 fully saturated rings. The number of ketones is 1. The van der Waals surface area contributed by atoms with Crippen molar-refractivity contribution in [2.24, 2.45) is 0 Å². The van der Waals surface area contributed by atoms with Crippen LogP contribution >= 0.6 is 11.7 Å². The van der Waals surface area contributed by atoms with Gasteiger partial charge in [-0.1, -0.05) is 0 Å². The van der Waals surface area contributed by atoms with Crippen molar-refractivity contribution in [3.05, 3.63) is 35.7 Å². The fourth-order valence-corrected chi connectivity index (χ4v) is 1.76. The molecular weight excluding hydrogens is 240 g/mol. The third-order valence-electron chi connectivity index (χ3n) is 2.21. The van der Waals surface area contributed by atoms with Crippen molar-refractivity contribution in [3.63, 3.8) is 0 Å². The van der Waals surface area contributed by atoms with Crippen LogP contribution in [0.1, 0.15) is 16.1 Å². The van der Waals surface area contributed by atoms with Gasteiger partial charge in [0.15, 0.2) is 0 Å². The minimum Gasteiger partial charge on any atom is -0.497 e. The van der Waals surface area contributed by atoms with E-state index >= 15 is 0 Å². The van der Waals surface area contributed by atoms with Gasteiger partial charge >= 0.3 is 0 Å². The van der Waals surface area contributed by atoms with Crippen molar-refractivity contribution in [2.75, 3.05) is 14.2 Å². The highest BCUT2D eigenvalue weighted by atomic mass is 32.1. The van der Waals surface area contributed by atoms with Gasteiger partial charge in [-0.15, -0.1) is 0 Å². The molecule has 0 aliphatic carbocycles. The molecule has 0 atom stereocenters. The molecular formula is C11H10N2O3S. The zero-order valence-corrected chi connectivity index (χ0v) is 10.2. The first-order valence-corrected chi connectivity index (χ1v) is 5.53. The van der Waals surface area contributed by atoms with E-state index in [1.54, 1.807) is 18.2 Å². The first-order chi connectivity index (χ1) is 8.24. The number of hydrogen-bond acceptors (Lipinski definition) is 6. The number of carbonyl (C=O) groups excluding carboxylic acids is 1. The van der Waals surface area contributed by atoms with Gasteiger partial charge in [0.25, 0.3) is 0 Å². The molecule has 0 unspecified atom stereocenters. The second kappa shape index (κ2) is 4.92. The zero-order chi connectivity index (χ0) is 12.3. The third-order valence-corrected chi connectivity index (χ3v) is 2.69. The molecule has 0 saturated heterocycles. The predicted octanol–water partition coefficient (Wildman–Crippen LogP) is 1.79. The van der Waals surface area contributed by atoms with Crippen LogP contribution in [-0.4, -0.2) is 28.7 Å². The summed E-state index contributed by atoms with van der Waals surface area (Å²) in [5.74, 6) is 0.933. The van der Waals surface area contributed by atoms with Crippen LogP contribution in [0, 0.1) is 0 Å². The van der Waals surface area contributed by atoms with E-state index in [1.807, 2.05) is 0 Å². The van der Waals surface area contributed by atoms with Crippen LogP contribution in [0.25, 0.3) is 0 Å². The van der Waals surface area contributed by atoms with E-state index in [-0.39, 0.29) is 5.78 Å². The van der Waals surface area contributed by atoms with Gasteiger partial charge in [-0.05, 0) is 12.1 Å². The molecule has 5 nitrogen and oxygen atoms in total. The molecule has 0 amide bonds. The summed E-state index contributed by atoms with van der Waals surface area (Å²) < 4.78 is 17.9. The molecule has 17 heavy (non-hydrogen) atoms. The van der Waals surface area contributed by atoms with Crippen LogP contribution in [0.5, 0.6) is 11.5 Å². The summed E-state index contributed by atoms with van der Waals surface area (Å²) >= 11 is 0.999. The Hall–Kier alpha value is -1.95. The third kappa shape index (κ3) is 2.42. The molecule has 88 valence electrons. The Kier molecular flexibility index (Phi) is 3.34. The quantitative estimate of drug-likeness (QED) is 0.774. The molecule has 0 radical (unpaired) electrons. The minimum atomic E-state index is -0.198. The first kappa shape index (κ1) is 11.5. The zero-order valence-electron chi connectivity index (χ0n) is 9.34. The SMILES string of the molecule is COc1cc(OC)cc(C(=O)c2cnsn2)c1. The van der Waals surface area contributed by atoms with Crippen molar-refractivity contribution in [1.82, 2.24) is 8.75 Å². The number of benzene rings is 1. The van der Waals surface area contributed by atoms with Gasteiger partial charge in [-0.3, -0.25) is 4.79 Å². The van der Waals surface area contributed by atoms with Crippen LogP contribution < -0.4 is 9.47 Å². The lowest BCUT2D eigenvalue weighted by atomic mass is 10.1. The van der Waals surface area contributed by atoms with Crippen molar-refractivity contribution in [1.29, 1.82) is 0 Å². The number of ether oxygens (including phenoxy) is 2. The van der Waals surface area contributed by atoms with Gasteiger partial charge in [0.1, 0.15) is 17.2 Å². The highest BCUT2D eigenvalue weighted by Crippen LogP contribution is 2.23. The predicted molar refractivity (Wildman–Crippen MR) is 62.9 cm³/mol. The van der Waals surface area contributed by atoms with Gasteiger partial charge in [0.2, 0.25) is 5.78 Å². The fraction of sp³-hybridized carbons (Fsp3) is 0.182. The van der Waals surface area contributed by atoms with Crippen LogP contribution in [-0.2, 0) is 0 Å². The number of aromatic nitrogens is 2. The summed E-state index contributed by atoms with van der Waals surface area (Å²) in [5.41, 5.74) is 0.791. The molecule has 0 saturated carbocycles. The molecule has 0 spiro atoms. The lowest BCUT2D eigenvalue weighted by Crippen LogP contribution is -2.02. The van der Waals surface area contributed by atoms with Crippen LogP contribution in [0.15, 0.2) is 24.4 Å². The summed E-state index contributed by atoms with van der Waals surface area (Å²) in [6, 6.07) is 4.99. The lowest BCUT2D eigenvalue weighted by molar-refractivity contribution is 0.103. The molecule has 2 aromatic rings. The van der Waals surface area contributed by atoms with Gasteiger partial charge in [-0.25, -0.2) is 0 Å². The molecule has 0 N–H and O–H groups in total. The minimum absolute atomic E-state index is 0.198. The molecule has 2 rings (SSSR count). The maximum Gasteiger partial charge on any atom is 0.214 e. The molecule has 6 heteroatoms. The maximum absolute atomic E-state index is 12.0. The second-order valence-corrected chi connectivity index (χ2v) is 3.78. The van der Waals surface area contributed by atoms with Crippen molar-refractivity contribution in [2.45, 2.75) is 0 Å². The average molecular weight is 250 g/mol. The Morgan fingerprint density at radius 1 is 1.18 bits per heavy atom. The molecule has 0 bridgehead atoms. The van der Waals surface area contributed by atoms with Crippen molar-refractivity contribution in [3.8, 4) is 11.5 Å². The maximum atomic E-state index is 12.0. The standard InChI is InChI=1S/C11H10N2O3S/c1-15-8-3-7(4-9(5-8)16-2)11(14)10-6-12-17-13-10/h3-6H,1-2H3. The second-order valence-electron chi connectivity index (χ2n) is 3.22. The number of rotatable bonds is 4. The molecule has 0 aliphatic rings. The smallest absolute Gasteiger partial charge is 0.214 e. The van der Waals surface area contributed by atoms with Gasteiger partial charge < -0.3 is 9.47 Å². The number of hydrogen-bond donors (Lipinski definition) is 0. The van der Waals surface area contributed by atoms with E-state index in [0.717, 1.165) is 11.7 Å². The van der Waals surface area contributed by atoms with E-state index < -0.39 is 0 Å². The topological polar surface area (TPSA) is 61.3 Å². The summed E-state index contributed by atoms with van der Waals surface area (Å²) in [6.07, 6.45) is 1.44. The average Bonchev–Trinajstić information content (AvgIpc) is 2.91. The number of nitrogens with zero attached hydrogens (tertiary/aromatic N) is 2. The van der Waals surface area contributed by atoms with E-state index in [1.165, 1.54) is 20.4 Å². The van der Waals surface area contributed by atoms with Crippen LogP contribution in [0.4, 0.5) is 0 Å². The Bertz CT molecular complexity index is 503. The van der Waals surface area contributed by atoms with E-state index in [9.17, 15) is 4.79 Å².